The predicted molar refractivity (Wildman–Crippen MR) is 76.7 cm³/mol. The summed E-state index contributed by atoms with van der Waals surface area (Å²) in [7, 11) is -2.47. The molecule has 0 aliphatic rings. The van der Waals surface area contributed by atoms with E-state index >= 15 is 0 Å². The van der Waals surface area contributed by atoms with E-state index in [2.05, 4.69) is 4.72 Å². The highest BCUT2D eigenvalue weighted by molar-refractivity contribution is 8.13. The van der Waals surface area contributed by atoms with Crippen LogP contribution in [0.25, 0.3) is 0 Å². The van der Waals surface area contributed by atoms with Crippen molar-refractivity contribution in [1.82, 2.24) is 0 Å². The molecular weight excluding hydrogens is 322 g/mol. The van der Waals surface area contributed by atoms with Crippen molar-refractivity contribution in [2.75, 3.05) is 4.72 Å². The molecule has 0 saturated heterocycles. The van der Waals surface area contributed by atoms with E-state index in [1.807, 2.05) is 0 Å². The molecule has 0 saturated carbocycles. The third kappa shape index (κ3) is 3.50. The van der Waals surface area contributed by atoms with Crippen molar-refractivity contribution in [1.29, 1.82) is 0 Å². The molecule has 2 aromatic rings. The van der Waals surface area contributed by atoms with Gasteiger partial charge in [0.15, 0.2) is 0 Å². The molecule has 5 nitrogen and oxygen atoms in total. The third-order valence-electron chi connectivity index (χ3n) is 2.44. The van der Waals surface area contributed by atoms with E-state index in [0.29, 0.717) is 5.69 Å². The maximum atomic E-state index is 12.1. The fourth-order valence-corrected chi connectivity index (χ4v) is 3.33. The Morgan fingerprint density at radius 1 is 0.750 bits per heavy atom. The van der Waals surface area contributed by atoms with Crippen LogP contribution in [0.5, 0.6) is 0 Å². The van der Waals surface area contributed by atoms with E-state index < -0.39 is 19.1 Å². The van der Waals surface area contributed by atoms with Gasteiger partial charge < -0.3 is 0 Å². The van der Waals surface area contributed by atoms with Crippen molar-refractivity contribution in [2.24, 2.45) is 0 Å². The zero-order valence-electron chi connectivity index (χ0n) is 10.0. The van der Waals surface area contributed by atoms with Crippen molar-refractivity contribution in [3.8, 4) is 0 Å². The van der Waals surface area contributed by atoms with Gasteiger partial charge in [0, 0.05) is 16.4 Å². The summed E-state index contributed by atoms with van der Waals surface area (Å²) in [5.74, 6) is 0. The Kier molecular flexibility index (Phi) is 4.03. The number of sulfonamides is 1. The zero-order valence-corrected chi connectivity index (χ0v) is 12.4. The maximum absolute atomic E-state index is 12.1. The minimum Gasteiger partial charge on any atom is -0.280 e. The highest BCUT2D eigenvalue weighted by Crippen LogP contribution is 2.19. The molecule has 0 radical (unpaired) electrons. The van der Waals surface area contributed by atoms with E-state index in [4.69, 9.17) is 10.7 Å². The SMILES string of the molecule is O=S(=O)(Cl)c1ccc(S(=O)(=O)Nc2ccccc2)cc1. The van der Waals surface area contributed by atoms with Crippen molar-refractivity contribution in [2.45, 2.75) is 9.79 Å². The van der Waals surface area contributed by atoms with Crippen LogP contribution >= 0.6 is 10.7 Å². The number of nitrogens with one attached hydrogen (secondary N) is 1. The fraction of sp³-hybridized carbons (Fsp3) is 0. The number of hydrogen-bond acceptors (Lipinski definition) is 4. The van der Waals surface area contributed by atoms with Crippen molar-refractivity contribution in [3.63, 3.8) is 0 Å². The molecule has 0 aromatic heterocycles. The van der Waals surface area contributed by atoms with Crippen LogP contribution in [0.2, 0.25) is 0 Å². The minimum absolute atomic E-state index is 0.0505. The monoisotopic (exact) mass is 331 g/mol. The lowest BCUT2D eigenvalue weighted by molar-refractivity contribution is 0.600. The Morgan fingerprint density at radius 3 is 1.75 bits per heavy atom. The molecule has 0 unspecified atom stereocenters. The summed E-state index contributed by atoms with van der Waals surface area (Å²) in [4.78, 5) is -0.205. The smallest absolute Gasteiger partial charge is 0.261 e. The van der Waals surface area contributed by atoms with Crippen molar-refractivity contribution in [3.05, 3.63) is 54.6 Å². The van der Waals surface area contributed by atoms with Gasteiger partial charge in [-0.25, -0.2) is 16.8 Å². The number of hydrogen-bond donors (Lipinski definition) is 1. The standard InChI is InChI=1S/C12H10ClNO4S2/c13-19(15,16)11-6-8-12(9-7-11)20(17,18)14-10-4-2-1-3-5-10/h1-9,14H. The first kappa shape index (κ1) is 14.8. The van der Waals surface area contributed by atoms with Gasteiger partial charge in [-0.2, -0.15) is 0 Å². The Morgan fingerprint density at radius 2 is 1.25 bits per heavy atom. The number of benzene rings is 2. The molecule has 1 N–H and O–H groups in total. The second-order valence-electron chi connectivity index (χ2n) is 3.88. The first-order valence-corrected chi connectivity index (χ1v) is 9.21. The van der Waals surface area contributed by atoms with E-state index in [0.717, 1.165) is 12.1 Å². The maximum Gasteiger partial charge on any atom is 0.261 e. The van der Waals surface area contributed by atoms with Gasteiger partial charge in [0.25, 0.3) is 19.1 Å². The summed E-state index contributed by atoms with van der Waals surface area (Å²) >= 11 is 0. The summed E-state index contributed by atoms with van der Waals surface area (Å²) in [6, 6.07) is 13.0. The van der Waals surface area contributed by atoms with Gasteiger partial charge in [-0.05, 0) is 36.4 Å². The molecule has 2 rings (SSSR count). The molecule has 106 valence electrons. The molecule has 0 aliphatic carbocycles. The van der Waals surface area contributed by atoms with Gasteiger partial charge in [0.1, 0.15) is 0 Å². The van der Waals surface area contributed by atoms with Gasteiger partial charge in [-0.1, -0.05) is 18.2 Å². The molecule has 0 atom stereocenters. The normalized spacial score (nSPS) is 12.1. The van der Waals surface area contributed by atoms with Gasteiger partial charge in [0.2, 0.25) is 0 Å². The second-order valence-corrected chi connectivity index (χ2v) is 8.13. The first-order valence-electron chi connectivity index (χ1n) is 5.42. The lowest BCUT2D eigenvalue weighted by atomic mass is 10.3. The number of halogens is 1. The molecule has 0 aliphatic heterocycles. The summed E-state index contributed by atoms with van der Waals surface area (Å²) in [6.45, 7) is 0. The third-order valence-corrected chi connectivity index (χ3v) is 5.21. The van der Waals surface area contributed by atoms with Crippen LogP contribution < -0.4 is 4.72 Å². The molecule has 0 fully saturated rings. The molecule has 8 heteroatoms. The van der Waals surface area contributed by atoms with E-state index in [1.54, 1.807) is 30.3 Å². The Labute approximate surface area is 121 Å². The summed E-state index contributed by atoms with van der Waals surface area (Å²) < 4.78 is 48.7. The van der Waals surface area contributed by atoms with Crippen LogP contribution in [0, 0.1) is 0 Å². The predicted octanol–water partition coefficient (Wildman–Crippen LogP) is 2.41. The lowest BCUT2D eigenvalue weighted by Gasteiger charge is -2.08. The van der Waals surface area contributed by atoms with Crippen molar-refractivity contribution >= 4 is 35.4 Å². The molecule has 0 bridgehead atoms. The average Bonchev–Trinajstić information content (AvgIpc) is 2.38. The van der Waals surface area contributed by atoms with Crippen molar-refractivity contribution < 1.29 is 16.8 Å². The number of para-hydroxylation sites is 1. The fourth-order valence-electron chi connectivity index (χ4n) is 1.50. The van der Waals surface area contributed by atoms with E-state index in [1.165, 1.54) is 12.1 Å². The minimum atomic E-state index is -3.87. The van der Waals surface area contributed by atoms with Crippen LogP contribution in [0.15, 0.2) is 64.4 Å². The average molecular weight is 332 g/mol. The van der Waals surface area contributed by atoms with Gasteiger partial charge >= 0.3 is 0 Å². The van der Waals surface area contributed by atoms with Crippen LogP contribution in [0.3, 0.4) is 0 Å². The molecule has 0 spiro atoms. The molecule has 20 heavy (non-hydrogen) atoms. The lowest BCUT2D eigenvalue weighted by Crippen LogP contribution is -2.12. The largest absolute Gasteiger partial charge is 0.280 e. The van der Waals surface area contributed by atoms with E-state index in [-0.39, 0.29) is 9.79 Å². The van der Waals surface area contributed by atoms with Crippen LogP contribution in [0.1, 0.15) is 0 Å². The quantitative estimate of drug-likeness (QED) is 0.872. The zero-order chi connectivity index (χ0) is 14.8. The van der Waals surface area contributed by atoms with Crippen LogP contribution in [0.4, 0.5) is 5.69 Å². The Hall–Kier alpha value is -1.57. The first-order chi connectivity index (χ1) is 9.29. The summed E-state index contributed by atoms with van der Waals surface area (Å²) in [6.07, 6.45) is 0. The van der Waals surface area contributed by atoms with Gasteiger partial charge in [0.05, 0.1) is 9.79 Å². The number of rotatable bonds is 4. The highest BCUT2D eigenvalue weighted by atomic mass is 35.7. The second kappa shape index (κ2) is 5.43. The van der Waals surface area contributed by atoms with Gasteiger partial charge in [-0.15, -0.1) is 0 Å². The van der Waals surface area contributed by atoms with E-state index in [9.17, 15) is 16.8 Å². The van der Waals surface area contributed by atoms with Crippen LogP contribution in [-0.4, -0.2) is 16.8 Å². The Balaban J connectivity index is 2.31. The van der Waals surface area contributed by atoms with Gasteiger partial charge in [-0.3, -0.25) is 4.72 Å². The highest BCUT2D eigenvalue weighted by Gasteiger charge is 2.16. The molecular formula is C12H10ClNO4S2. The number of anilines is 1. The van der Waals surface area contributed by atoms with Crippen LogP contribution in [-0.2, 0) is 19.1 Å². The summed E-state index contributed by atoms with van der Waals surface area (Å²) in [5.41, 5.74) is 0.418. The summed E-state index contributed by atoms with van der Waals surface area (Å²) in [5, 5.41) is 0. The Bertz CT molecular complexity index is 800. The molecule has 0 heterocycles. The topological polar surface area (TPSA) is 80.3 Å². The molecule has 0 amide bonds. The molecule has 2 aromatic carbocycles.